The Balaban J connectivity index is 2.93. The molecular weight excluding hydrogens is 354 g/mol. The second-order valence-electron chi connectivity index (χ2n) is 4.59. The van der Waals surface area contributed by atoms with Crippen molar-refractivity contribution in [1.82, 2.24) is 14.5 Å². The van der Waals surface area contributed by atoms with Crippen LogP contribution in [0.3, 0.4) is 0 Å². The summed E-state index contributed by atoms with van der Waals surface area (Å²) >= 11 is 9.33. The Hall–Kier alpha value is -0.110. The molecule has 0 unspecified atom stereocenters. The molecule has 1 rings (SSSR count). The Labute approximate surface area is 127 Å². The maximum atomic E-state index is 12.3. The first kappa shape index (κ1) is 16.9. The maximum Gasteiger partial charge on any atom is 0.259 e. The van der Waals surface area contributed by atoms with Gasteiger partial charge in [0.15, 0.2) is 5.03 Å². The summed E-state index contributed by atoms with van der Waals surface area (Å²) in [5.41, 5.74) is -0.0852. The number of aromatic nitrogens is 2. The van der Waals surface area contributed by atoms with Crippen LogP contribution in [0.5, 0.6) is 0 Å². The molecule has 0 fully saturated rings. The molecule has 0 amide bonds. The molecule has 0 radical (unpaired) electrons. The molecule has 110 valence electrons. The van der Waals surface area contributed by atoms with Gasteiger partial charge in [-0.2, -0.15) is 5.10 Å². The normalized spacial score (nSPS) is 12.9. The fourth-order valence-electron chi connectivity index (χ4n) is 1.75. The van der Waals surface area contributed by atoms with E-state index >= 15 is 0 Å². The van der Waals surface area contributed by atoms with Crippen LogP contribution in [0.25, 0.3) is 0 Å². The predicted octanol–water partition coefficient (Wildman–Crippen LogP) is 2.55. The Kier molecular flexibility index (Phi) is 5.85. The molecule has 0 aliphatic carbocycles. The van der Waals surface area contributed by atoms with Gasteiger partial charge in [0.25, 0.3) is 10.0 Å². The highest BCUT2D eigenvalue weighted by atomic mass is 79.9. The van der Waals surface area contributed by atoms with Crippen molar-refractivity contribution in [3.63, 3.8) is 0 Å². The fraction of sp³-hybridized carbons (Fsp3) is 0.727. The van der Waals surface area contributed by atoms with Gasteiger partial charge in [-0.1, -0.05) is 41.4 Å². The third kappa shape index (κ3) is 3.71. The van der Waals surface area contributed by atoms with Gasteiger partial charge in [0.2, 0.25) is 0 Å². The average molecular weight is 373 g/mol. The van der Waals surface area contributed by atoms with Crippen molar-refractivity contribution in [2.45, 2.75) is 31.7 Å². The van der Waals surface area contributed by atoms with Crippen LogP contribution in [0.4, 0.5) is 0 Å². The Morgan fingerprint density at radius 3 is 2.42 bits per heavy atom. The Bertz CT molecular complexity index is 498. The van der Waals surface area contributed by atoms with Gasteiger partial charge in [0, 0.05) is 18.9 Å². The van der Waals surface area contributed by atoms with E-state index in [0.29, 0.717) is 6.54 Å². The molecule has 0 bridgehead atoms. The molecule has 5 nitrogen and oxygen atoms in total. The van der Waals surface area contributed by atoms with Crippen LogP contribution < -0.4 is 4.72 Å². The van der Waals surface area contributed by atoms with Crippen molar-refractivity contribution >= 4 is 37.6 Å². The lowest BCUT2D eigenvalue weighted by atomic mass is 9.85. The highest BCUT2D eigenvalue weighted by molar-refractivity contribution is 9.09. The molecule has 1 heterocycles. The Morgan fingerprint density at radius 2 is 2.05 bits per heavy atom. The molecule has 1 aromatic heterocycles. The minimum atomic E-state index is -3.64. The summed E-state index contributed by atoms with van der Waals surface area (Å²) in [7, 11) is -2.09. The molecule has 0 saturated heterocycles. The largest absolute Gasteiger partial charge is 0.259 e. The number of rotatable bonds is 7. The lowest BCUT2D eigenvalue weighted by Gasteiger charge is -2.29. The molecule has 0 atom stereocenters. The minimum Gasteiger partial charge on any atom is -0.255 e. The number of hydrogen-bond donors (Lipinski definition) is 1. The lowest BCUT2D eigenvalue weighted by Crippen LogP contribution is -2.38. The molecule has 0 saturated carbocycles. The van der Waals surface area contributed by atoms with E-state index in [1.54, 1.807) is 7.05 Å². The average Bonchev–Trinajstić information content (AvgIpc) is 2.72. The van der Waals surface area contributed by atoms with Crippen LogP contribution in [0.15, 0.2) is 11.2 Å². The summed E-state index contributed by atoms with van der Waals surface area (Å²) in [6.07, 6.45) is 3.10. The molecule has 0 aliphatic rings. The summed E-state index contributed by atoms with van der Waals surface area (Å²) < 4.78 is 28.4. The summed E-state index contributed by atoms with van der Waals surface area (Å²) in [4.78, 5) is 0. The first-order valence-corrected chi connectivity index (χ1v) is 9.03. The second-order valence-corrected chi connectivity index (χ2v) is 7.24. The van der Waals surface area contributed by atoms with Crippen molar-refractivity contribution in [1.29, 1.82) is 0 Å². The minimum absolute atomic E-state index is 0.00449. The Morgan fingerprint density at radius 1 is 1.47 bits per heavy atom. The number of aryl methyl sites for hydroxylation is 1. The van der Waals surface area contributed by atoms with E-state index in [0.717, 1.165) is 18.2 Å². The number of hydrogen-bond acceptors (Lipinski definition) is 3. The molecule has 19 heavy (non-hydrogen) atoms. The number of nitrogens with one attached hydrogen (secondary N) is 1. The van der Waals surface area contributed by atoms with Gasteiger partial charge in [0.1, 0.15) is 0 Å². The van der Waals surface area contributed by atoms with Crippen molar-refractivity contribution in [3.8, 4) is 0 Å². The highest BCUT2D eigenvalue weighted by Gasteiger charge is 2.29. The van der Waals surface area contributed by atoms with Crippen LogP contribution in [0.1, 0.15) is 26.7 Å². The monoisotopic (exact) mass is 371 g/mol. The maximum absolute atomic E-state index is 12.3. The smallest absolute Gasteiger partial charge is 0.255 e. The van der Waals surface area contributed by atoms with Crippen LogP contribution in [-0.4, -0.2) is 30.1 Å². The number of halogens is 2. The van der Waals surface area contributed by atoms with Crippen molar-refractivity contribution in [2.75, 3.05) is 11.9 Å². The van der Waals surface area contributed by atoms with Gasteiger partial charge in [-0.3, -0.25) is 4.68 Å². The summed E-state index contributed by atoms with van der Waals surface area (Å²) in [5.74, 6) is 0. The highest BCUT2D eigenvalue weighted by Crippen LogP contribution is 2.29. The van der Waals surface area contributed by atoms with E-state index in [1.807, 2.05) is 0 Å². The topological polar surface area (TPSA) is 64.0 Å². The van der Waals surface area contributed by atoms with E-state index in [4.69, 9.17) is 11.6 Å². The van der Waals surface area contributed by atoms with Crippen molar-refractivity contribution in [2.24, 2.45) is 12.5 Å². The quantitative estimate of drug-likeness (QED) is 0.748. The number of nitrogens with zero attached hydrogens (tertiary/aromatic N) is 2. The zero-order valence-electron chi connectivity index (χ0n) is 11.3. The molecular formula is C11H19BrClN3O2S. The van der Waals surface area contributed by atoms with Gasteiger partial charge < -0.3 is 0 Å². The third-order valence-corrected chi connectivity index (χ3v) is 6.61. The van der Waals surface area contributed by atoms with E-state index in [1.165, 1.54) is 10.9 Å². The molecule has 1 N–H and O–H groups in total. The summed E-state index contributed by atoms with van der Waals surface area (Å²) in [5, 5.41) is 4.72. The van der Waals surface area contributed by atoms with Crippen LogP contribution in [-0.2, 0) is 17.1 Å². The van der Waals surface area contributed by atoms with Gasteiger partial charge in [-0.05, 0) is 18.3 Å². The van der Waals surface area contributed by atoms with E-state index < -0.39 is 10.0 Å². The SMILES string of the molecule is CCC(CC)(CBr)CNS(=O)(=O)c1c(Cl)cnn1C. The van der Waals surface area contributed by atoms with Crippen LogP contribution in [0.2, 0.25) is 5.02 Å². The van der Waals surface area contributed by atoms with Gasteiger partial charge in [0.05, 0.1) is 11.2 Å². The van der Waals surface area contributed by atoms with E-state index in [9.17, 15) is 8.42 Å². The molecule has 0 aromatic carbocycles. The predicted molar refractivity (Wildman–Crippen MR) is 80.2 cm³/mol. The third-order valence-electron chi connectivity index (χ3n) is 3.52. The van der Waals surface area contributed by atoms with Crippen LogP contribution in [0, 0.1) is 5.41 Å². The zero-order valence-corrected chi connectivity index (χ0v) is 14.4. The fourth-order valence-corrected chi connectivity index (χ4v) is 4.55. The van der Waals surface area contributed by atoms with Crippen molar-refractivity contribution in [3.05, 3.63) is 11.2 Å². The van der Waals surface area contributed by atoms with E-state index in [2.05, 4.69) is 39.6 Å². The van der Waals surface area contributed by atoms with Crippen LogP contribution >= 0.6 is 27.5 Å². The van der Waals surface area contributed by atoms with Gasteiger partial charge >= 0.3 is 0 Å². The van der Waals surface area contributed by atoms with Gasteiger partial charge in [-0.15, -0.1) is 0 Å². The van der Waals surface area contributed by atoms with Crippen molar-refractivity contribution < 1.29 is 8.42 Å². The second kappa shape index (κ2) is 6.56. The lowest BCUT2D eigenvalue weighted by molar-refractivity contribution is 0.309. The first-order valence-electron chi connectivity index (χ1n) is 6.05. The number of alkyl halides is 1. The van der Waals surface area contributed by atoms with Gasteiger partial charge in [-0.25, -0.2) is 13.1 Å². The molecule has 8 heteroatoms. The molecule has 0 aliphatic heterocycles. The number of sulfonamides is 1. The molecule has 0 spiro atoms. The zero-order chi connectivity index (χ0) is 14.7. The molecule has 1 aromatic rings. The first-order chi connectivity index (χ1) is 8.82. The summed E-state index contributed by atoms with van der Waals surface area (Å²) in [6, 6.07) is 0. The van der Waals surface area contributed by atoms with E-state index in [-0.39, 0.29) is 15.5 Å². The summed E-state index contributed by atoms with van der Waals surface area (Å²) in [6.45, 7) is 4.47. The standard InChI is InChI=1S/C11H19BrClN3O2S/c1-4-11(5-2,7-12)8-15-19(17,18)10-9(13)6-14-16(10)3/h6,15H,4-5,7-8H2,1-3H3.